The van der Waals surface area contributed by atoms with Crippen molar-refractivity contribution in [3.63, 3.8) is 0 Å². The first-order valence-corrected chi connectivity index (χ1v) is 4.15. The second-order valence-electron chi connectivity index (χ2n) is 2.58. The van der Waals surface area contributed by atoms with Crippen molar-refractivity contribution >= 4 is 5.97 Å². The molecule has 0 atom stereocenters. The molecule has 68 valence electrons. The van der Waals surface area contributed by atoms with Crippen LogP contribution < -0.4 is 4.74 Å². The van der Waals surface area contributed by atoms with Gasteiger partial charge in [0.2, 0.25) is 0 Å². The topological polar surface area (TPSA) is 26.3 Å². The number of carbonyl (C=O) groups excluding carboxylic acids is 1. The first kappa shape index (κ1) is 9.52. The third-order valence-electron chi connectivity index (χ3n) is 1.79. The minimum Gasteiger partial charge on any atom is -0.426 e. The van der Waals surface area contributed by atoms with Gasteiger partial charge in [-0.3, -0.25) is 4.79 Å². The molecule has 1 heterocycles. The summed E-state index contributed by atoms with van der Waals surface area (Å²) in [5.41, 5.74) is 1.13. The van der Waals surface area contributed by atoms with Gasteiger partial charge in [-0.2, -0.15) is 0 Å². The van der Waals surface area contributed by atoms with Crippen LogP contribution in [-0.2, 0) is 11.2 Å². The van der Waals surface area contributed by atoms with E-state index in [1.165, 1.54) is 0 Å². The van der Waals surface area contributed by atoms with Crippen LogP contribution in [0.5, 0.6) is 5.75 Å². The largest absolute Gasteiger partial charge is 0.426 e. The van der Waals surface area contributed by atoms with E-state index < -0.39 is 0 Å². The molecular formula is C11H12O2. The molecule has 0 aromatic heterocycles. The highest BCUT2D eigenvalue weighted by Crippen LogP contribution is 2.23. The Labute approximate surface area is 77.8 Å². The van der Waals surface area contributed by atoms with E-state index in [1.54, 1.807) is 0 Å². The minimum absolute atomic E-state index is 0.122. The molecule has 0 unspecified atom stereocenters. The summed E-state index contributed by atoms with van der Waals surface area (Å²) >= 11 is 0. The fraction of sp³-hybridized carbons (Fsp3) is 0.182. The first-order valence-electron chi connectivity index (χ1n) is 4.15. The van der Waals surface area contributed by atoms with Crippen molar-refractivity contribution in [1.82, 2.24) is 0 Å². The van der Waals surface area contributed by atoms with Gasteiger partial charge in [0, 0.05) is 0 Å². The average Bonchev–Trinajstić information content (AvgIpc) is 2.21. The average molecular weight is 176 g/mol. The van der Waals surface area contributed by atoms with Crippen LogP contribution in [-0.4, -0.2) is 5.97 Å². The zero-order valence-corrected chi connectivity index (χ0v) is 7.45. The van der Waals surface area contributed by atoms with E-state index in [4.69, 9.17) is 4.74 Å². The maximum atomic E-state index is 10.8. The van der Waals surface area contributed by atoms with Crippen molar-refractivity contribution in [3.05, 3.63) is 43.0 Å². The number of rotatable bonds is 0. The Morgan fingerprint density at radius 2 is 1.85 bits per heavy atom. The van der Waals surface area contributed by atoms with Crippen LogP contribution in [0.3, 0.4) is 0 Å². The lowest BCUT2D eigenvalue weighted by molar-refractivity contribution is -0.135. The Balaban J connectivity index is 0.000000396. The van der Waals surface area contributed by atoms with Crippen molar-refractivity contribution in [3.8, 4) is 5.75 Å². The third-order valence-corrected chi connectivity index (χ3v) is 1.79. The zero-order chi connectivity index (χ0) is 9.68. The fourth-order valence-corrected chi connectivity index (χ4v) is 1.22. The van der Waals surface area contributed by atoms with E-state index in [-0.39, 0.29) is 5.97 Å². The first-order chi connectivity index (χ1) is 6.36. The van der Waals surface area contributed by atoms with Gasteiger partial charge in [-0.25, -0.2) is 0 Å². The van der Waals surface area contributed by atoms with Crippen LogP contribution in [0.25, 0.3) is 0 Å². The Hall–Kier alpha value is -1.57. The summed E-state index contributed by atoms with van der Waals surface area (Å²) in [6.07, 6.45) is 1.33. The summed E-state index contributed by atoms with van der Waals surface area (Å²) in [6, 6.07) is 7.64. The molecule has 0 N–H and O–H groups in total. The Kier molecular flexibility index (Phi) is 3.26. The van der Waals surface area contributed by atoms with E-state index in [0.717, 1.165) is 17.7 Å². The maximum Gasteiger partial charge on any atom is 0.311 e. The predicted octanol–water partition coefficient (Wildman–Crippen LogP) is 2.34. The van der Waals surface area contributed by atoms with Crippen LogP contribution in [0.1, 0.15) is 12.0 Å². The molecule has 1 aliphatic rings. The monoisotopic (exact) mass is 176 g/mol. The Bertz CT molecular complexity index is 305. The maximum absolute atomic E-state index is 10.8. The van der Waals surface area contributed by atoms with Crippen LogP contribution in [0.4, 0.5) is 0 Å². The highest BCUT2D eigenvalue weighted by atomic mass is 16.5. The number of fused-ring (bicyclic) bond motifs is 1. The van der Waals surface area contributed by atoms with Crippen LogP contribution in [0, 0.1) is 0 Å². The van der Waals surface area contributed by atoms with Gasteiger partial charge in [0.25, 0.3) is 0 Å². The predicted molar refractivity (Wildman–Crippen MR) is 51.7 cm³/mol. The second-order valence-corrected chi connectivity index (χ2v) is 2.58. The Morgan fingerprint density at radius 3 is 2.62 bits per heavy atom. The van der Waals surface area contributed by atoms with Gasteiger partial charge < -0.3 is 4.74 Å². The van der Waals surface area contributed by atoms with Gasteiger partial charge in [0.15, 0.2) is 0 Å². The summed E-state index contributed by atoms with van der Waals surface area (Å²) in [5.74, 6) is 0.604. The smallest absolute Gasteiger partial charge is 0.311 e. The standard InChI is InChI=1S/C9H8O2.C2H4/c10-9-6-5-7-3-1-2-4-8(7)11-9;1-2/h1-4H,5-6H2;1-2H2. The Morgan fingerprint density at radius 1 is 1.15 bits per heavy atom. The highest BCUT2D eigenvalue weighted by molar-refractivity contribution is 5.75. The molecule has 2 rings (SSSR count). The number of ether oxygens (including phenoxy) is 1. The van der Waals surface area contributed by atoms with Crippen LogP contribution in [0.15, 0.2) is 37.4 Å². The third kappa shape index (κ3) is 2.18. The number of hydrogen-bond acceptors (Lipinski definition) is 2. The summed E-state index contributed by atoms with van der Waals surface area (Å²) in [4.78, 5) is 10.8. The van der Waals surface area contributed by atoms with Crippen molar-refractivity contribution < 1.29 is 9.53 Å². The zero-order valence-electron chi connectivity index (χ0n) is 7.45. The lowest BCUT2D eigenvalue weighted by atomic mass is 10.1. The van der Waals surface area contributed by atoms with Gasteiger partial charge in [-0.15, -0.1) is 13.2 Å². The fourth-order valence-electron chi connectivity index (χ4n) is 1.22. The molecule has 2 nitrogen and oxygen atoms in total. The minimum atomic E-state index is -0.122. The molecule has 0 radical (unpaired) electrons. The number of benzene rings is 1. The van der Waals surface area contributed by atoms with Gasteiger partial charge >= 0.3 is 5.97 Å². The van der Waals surface area contributed by atoms with E-state index >= 15 is 0 Å². The van der Waals surface area contributed by atoms with Crippen LogP contribution in [0.2, 0.25) is 0 Å². The van der Waals surface area contributed by atoms with Crippen molar-refractivity contribution in [2.45, 2.75) is 12.8 Å². The molecule has 0 saturated heterocycles. The molecule has 0 amide bonds. The lowest BCUT2D eigenvalue weighted by Gasteiger charge is -2.13. The molecule has 13 heavy (non-hydrogen) atoms. The molecule has 0 spiro atoms. The van der Waals surface area contributed by atoms with Gasteiger partial charge in [0.1, 0.15) is 5.75 Å². The molecule has 0 bridgehead atoms. The van der Waals surface area contributed by atoms with E-state index in [9.17, 15) is 4.79 Å². The number of hydrogen-bond donors (Lipinski definition) is 0. The second kappa shape index (κ2) is 4.45. The lowest BCUT2D eigenvalue weighted by Crippen LogP contribution is -2.15. The van der Waals surface area contributed by atoms with E-state index in [1.807, 2.05) is 24.3 Å². The molecule has 1 aromatic rings. The molecule has 2 heteroatoms. The molecular weight excluding hydrogens is 164 g/mol. The van der Waals surface area contributed by atoms with Gasteiger partial charge in [0.05, 0.1) is 6.42 Å². The summed E-state index contributed by atoms with van der Waals surface area (Å²) in [7, 11) is 0. The quantitative estimate of drug-likeness (QED) is 0.344. The van der Waals surface area contributed by atoms with Crippen LogP contribution >= 0.6 is 0 Å². The van der Waals surface area contributed by atoms with E-state index in [2.05, 4.69) is 13.2 Å². The molecule has 1 aliphatic heterocycles. The normalized spacial score (nSPS) is 13.4. The number of carbonyl (C=O) groups is 1. The molecule has 1 aromatic carbocycles. The molecule has 0 saturated carbocycles. The summed E-state index contributed by atoms with van der Waals surface area (Å²) < 4.78 is 4.99. The number of para-hydroxylation sites is 1. The van der Waals surface area contributed by atoms with Gasteiger partial charge in [-0.1, -0.05) is 18.2 Å². The summed E-state index contributed by atoms with van der Waals surface area (Å²) in [5, 5.41) is 0. The number of aryl methyl sites for hydroxylation is 1. The SMILES string of the molecule is C=C.O=C1CCc2ccccc2O1. The molecule has 0 fully saturated rings. The number of esters is 1. The van der Waals surface area contributed by atoms with Gasteiger partial charge in [-0.05, 0) is 18.1 Å². The molecule has 0 aliphatic carbocycles. The van der Waals surface area contributed by atoms with E-state index in [0.29, 0.717) is 6.42 Å². The van der Waals surface area contributed by atoms with Crippen molar-refractivity contribution in [2.24, 2.45) is 0 Å². The van der Waals surface area contributed by atoms with Crippen molar-refractivity contribution in [1.29, 1.82) is 0 Å². The van der Waals surface area contributed by atoms with Crippen molar-refractivity contribution in [2.75, 3.05) is 0 Å². The highest BCUT2D eigenvalue weighted by Gasteiger charge is 2.15. The summed E-state index contributed by atoms with van der Waals surface area (Å²) in [6.45, 7) is 6.00.